The van der Waals surface area contributed by atoms with E-state index >= 15 is 0 Å². The summed E-state index contributed by atoms with van der Waals surface area (Å²) in [4.78, 5) is 0. The number of hydrogen-bond acceptors (Lipinski definition) is 2. The first-order valence-electron chi connectivity index (χ1n) is 4.28. The summed E-state index contributed by atoms with van der Waals surface area (Å²) < 4.78 is 36.1. The maximum atomic E-state index is 12.7. The summed E-state index contributed by atoms with van der Waals surface area (Å²) in [6.45, 7) is 1.09. The summed E-state index contributed by atoms with van der Waals surface area (Å²) in [6.07, 6.45) is 0.458. The number of alkyl halides is 2. The van der Waals surface area contributed by atoms with Crippen LogP contribution in [0.5, 0.6) is 0 Å². The molecule has 1 heterocycles. The van der Waals surface area contributed by atoms with Crippen LogP contribution in [-0.2, 0) is 9.47 Å². The first-order valence-corrected chi connectivity index (χ1v) is 4.28. The summed E-state index contributed by atoms with van der Waals surface area (Å²) in [5.74, 6) is -3.15. The molecule has 1 saturated carbocycles. The Kier molecular flexibility index (Phi) is 1.84. The van der Waals surface area contributed by atoms with Gasteiger partial charge in [0, 0.05) is 25.7 Å². The van der Waals surface area contributed by atoms with Crippen LogP contribution in [0.3, 0.4) is 0 Å². The van der Waals surface area contributed by atoms with Gasteiger partial charge in [0.15, 0.2) is 5.79 Å². The highest BCUT2D eigenvalue weighted by molar-refractivity contribution is 4.85. The molecular formula is C8H12F2O2. The van der Waals surface area contributed by atoms with Crippen LogP contribution in [-0.4, -0.2) is 24.9 Å². The fourth-order valence-electron chi connectivity index (χ4n) is 1.78. The van der Waals surface area contributed by atoms with Gasteiger partial charge in [0.05, 0.1) is 13.2 Å². The van der Waals surface area contributed by atoms with Gasteiger partial charge in [-0.2, -0.15) is 0 Å². The van der Waals surface area contributed by atoms with Crippen LogP contribution >= 0.6 is 0 Å². The van der Waals surface area contributed by atoms with Crippen molar-refractivity contribution in [2.24, 2.45) is 0 Å². The van der Waals surface area contributed by atoms with Crippen molar-refractivity contribution in [3.05, 3.63) is 0 Å². The van der Waals surface area contributed by atoms with Gasteiger partial charge in [0.2, 0.25) is 5.92 Å². The van der Waals surface area contributed by atoms with Crippen LogP contribution in [0, 0.1) is 0 Å². The Balaban J connectivity index is 1.97. The van der Waals surface area contributed by atoms with Crippen molar-refractivity contribution in [1.82, 2.24) is 0 Å². The van der Waals surface area contributed by atoms with Crippen molar-refractivity contribution in [3.8, 4) is 0 Å². The van der Waals surface area contributed by atoms with Crippen molar-refractivity contribution in [3.63, 3.8) is 0 Å². The SMILES string of the molecule is FC1(F)CCC2(CC1)OCCO2. The maximum Gasteiger partial charge on any atom is 0.248 e. The van der Waals surface area contributed by atoms with Crippen molar-refractivity contribution in [1.29, 1.82) is 0 Å². The molecule has 0 bridgehead atoms. The Morgan fingerprint density at radius 3 is 1.83 bits per heavy atom. The molecule has 2 nitrogen and oxygen atoms in total. The lowest BCUT2D eigenvalue weighted by molar-refractivity contribution is -0.210. The predicted octanol–water partition coefficient (Wildman–Crippen LogP) is 1.94. The molecule has 0 amide bonds. The first kappa shape index (κ1) is 8.38. The normalized spacial score (nSPS) is 32.5. The van der Waals surface area contributed by atoms with Gasteiger partial charge in [-0.3, -0.25) is 0 Å². The molecule has 4 heteroatoms. The molecule has 0 N–H and O–H groups in total. The van der Waals surface area contributed by atoms with Crippen LogP contribution in [0.2, 0.25) is 0 Å². The largest absolute Gasteiger partial charge is 0.348 e. The van der Waals surface area contributed by atoms with Crippen LogP contribution in [0.15, 0.2) is 0 Å². The van der Waals surface area contributed by atoms with Crippen molar-refractivity contribution in [2.45, 2.75) is 37.4 Å². The number of ether oxygens (including phenoxy) is 2. The molecule has 1 aliphatic carbocycles. The average molecular weight is 178 g/mol. The quantitative estimate of drug-likeness (QED) is 0.564. The van der Waals surface area contributed by atoms with Crippen molar-refractivity contribution < 1.29 is 18.3 Å². The molecular weight excluding hydrogens is 166 g/mol. The zero-order valence-electron chi connectivity index (χ0n) is 6.82. The van der Waals surface area contributed by atoms with Gasteiger partial charge >= 0.3 is 0 Å². The molecule has 0 aromatic rings. The molecule has 2 rings (SSSR count). The Morgan fingerprint density at radius 2 is 1.33 bits per heavy atom. The van der Waals surface area contributed by atoms with E-state index in [4.69, 9.17) is 9.47 Å². The predicted molar refractivity (Wildman–Crippen MR) is 38.1 cm³/mol. The summed E-state index contributed by atoms with van der Waals surface area (Å²) >= 11 is 0. The van der Waals surface area contributed by atoms with Crippen LogP contribution in [0.25, 0.3) is 0 Å². The Bertz CT molecular complexity index is 164. The van der Waals surface area contributed by atoms with Crippen LogP contribution in [0.4, 0.5) is 8.78 Å². The Hall–Kier alpha value is -0.220. The van der Waals surface area contributed by atoms with E-state index in [0.717, 1.165) is 0 Å². The third-order valence-corrected chi connectivity index (χ3v) is 2.56. The van der Waals surface area contributed by atoms with Gasteiger partial charge in [-0.1, -0.05) is 0 Å². The van der Waals surface area contributed by atoms with E-state index in [-0.39, 0.29) is 12.8 Å². The second kappa shape index (κ2) is 2.64. The number of halogens is 2. The zero-order valence-corrected chi connectivity index (χ0v) is 6.82. The van der Waals surface area contributed by atoms with E-state index in [1.54, 1.807) is 0 Å². The topological polar surface area (TPSA) is 18.5 Å². The molecule has 2 fully saturated rings. The summed E-state index contributed by atoms with van der Waals surface area (Å²) in [5.41, 5.74) is 0. The molecule has 1 aliphatic heterocycles. The van der Waals surface area contributed by atoms with Gasteiger partial charge < -0.3 is 9.47 Å². The van der Waals surface area contributed by atoms with Gasteiger partial charge in [0.1, 0.15) is 0 Å². The van der Waals surface area contributed by atoms with Gasteiger partial charge in [-0.25, -0.2) is 8.78 Å². The Labute approximate surface area is 69.8 Å². The van der Waals surface area contributed by atoms with Gasteiger partial charge in [-0.05, 0) is 0 Å². The third-order valence-electron chi connectivity index (χ3n) is 2.56. The molecule has 70 valence electrons. The van der Waals surface area contributed by atoms with E-state index in [1.807, 2.05) is 0 Å². The smallest absolute Gasteiger partial charge is 0.248 e. The fourth-order valence-corrected chi connectivity index (χ4v) is 1.78. The molecule has 12 heavy (non-hydrogen) atoms. The third kappa shape index (κ3) is 1.45. The maximum absolute atomic E-state index is 12.7. The molecule has 0 unspecified atom stereocenters. The van der Waals surface area contributed by atoms with Crippen molar-refractivity contribution in [2.75, 3.05) is 13.2 Å². The highest BCUT2D eigenvalue weighted by Crippen LogP contribution is 2.42. The number of hydrogen-bond donors (Lipinski definition) is 0. The molecule has 1 saturated heterocycles. The standard InChI is InChI=1S/C8H12F2O2/c9-7(10)1-3-8(4-2-7)11-5-6-12-8/h1-6H2. The van der Waals surface area contributed by atoms with Gasteiger partial charge in [-0.15, -0.1) is 0 Å². The summed E-state index contributed by atoms with van der Waals surface area (Å²) in [6, 6.07) is 0. The number of rotatable bonds is 0. The molecule has 0 radical (unpaired) electrons. The molecule has 1 spiro atoms. The van der Waals surface area contributed by atoms with Crippen LogP contribution < -0.4 is 0 Å². The fraction of sp³-hybridized carbons (Fsp3) is 1.00. The summed E-state index contributed by atoms with van der Waals surface area (Å²) in [7, 11) is 0. The van der Waals surface area contributed by atoms with E-state index in [9.17, 15) is 8.78 Å². The van der Waals surface area contributed by atoms with Crippen molar-refractivity contribution >= 4 is 0 Å². The first-order chi connectivity index (χ1) is 5.62. The Morgan fingerprint density at radius 1 is 0.833 bits per heavy atom. The van der Waals surface area contributed by atoms with E-state index in [1.165, 1.54) is 0 Å². The van der Waals surface area contributed by atoms with E-state index in [0.29, 0.717) is 26.1 Å². The van der Waals surface area contributed by atoms with E-state index in [2.05, 4.69) is 0 Å². The van der Waals surface area contributed by atoms with Gasteiger partial charge in [0.25, 0.3) is 0 Å². The van der Waals surface area contributed by atoms with E-state index < -0.39 is 11.7 Å². The lowest BCUT2D eigenvalue weighted by atomic mass is 9.91. The molecule has 2 aliphatic rings. The molecule has 0 atom stereocenters. The highest BCUT2D eigenvalue weighted by Gasteiger charge is 2.46. The minimum atomic E-state index is -2.50. The highest BCUT2D eigenvalue weighted by atomic mass is 19.3. The minimum Gasteiger partial charge on any atom is -0.348 e. The summed E-state index contributed by atoms with van der Waals surface area (Å²) in [5, 5.41) is 0. The molecule has 0 aromatic carbocycles. The molecule has 0 aromatic heterocycles. The lowest BCUT2D eigenvalue weighted by Crippen LogP contribution is -2.39. The minimum absolute atomic E-state index is 0.104. The monoisotopic (exact) mass is 178 g/mol. The average Bonchev–Trinajstić information content (AvgIpc) is 2.46. The zero-order chi connectivity index (χ0) is 8.66. The van der Waals surface area contributed by atoms with Crippen LogP contribution in [0.1, 0.15) is 25.7 Å². The second-order valence-corrected chi connectivity index (χ2v) is 3.46. The lowest BCUT2D eigenvalue weighted by Gasteiger charge is -2.34. The second-order valence-electron chi connectivity index (χ2n) is 3.46.